The topological polar surface area (TPSA) is 78.4 Å². The number of hydrogen-bond acceptors (Lipinski definition) is 5. The van der Waals surface area contributed by atoms with Crippen LogP contribution in [0.1, 0.15) is 28.7 Å². The minimum absolute atomic E-state index is 0.250. The first-order valence-electron chi connectivity index (χ1n) is 8.80. The maximum atomic E-state index is 11.0. The summed E-state index contributed by atoms with van der Waals surface area (Å²) in [6.45, 7) is 5.54. The Kier molecular flexibility index (Phi) is 5.66. The summed E-state index contributed by atoms with van der Waals surface area (Å²) in [6, 6.07) is 18.7. The van der Waals surface area contributed by atoms with E-state index in [1.165, 1.54) is 5.56 Å². The van der Waals surface area contributed by atoms with Crippen molar-refractivity contribution in [2.75, 3.05) is 16.8 Å². The second kappa shape index (κ2) is 8.31. The second-order valence-electron chi connectivity index (χ2n) is 6.17. The van der Waals surface area contributed by atoms with Crippen molar-refractivity contribution in [3.8, 4) is 0 Å². The number of carboxylic acid groups (broad SMARTS) is 1. The van der Waals surface area contributed by atoms with E-state index in [-0.39, 0.29) is 5.56 Å². The summed E-state index contributed by atoms with van der Waals surface area (Å²) in [6.07, 6.45) is 0. The molecule has 6 nitrogen and oxygen atoms in total. The van der Waals surface area contributed by atoms with Crippen LogP contribution in [0.4, 0.5) is 17.3 Å². The molecule has 2 aromatic carbocycles. The summed E-state index contributed by atoms with van der Waals surface area (Å²) in [5.41, 5.74) is 2.24. The van der Waals surface area contributed by atoms with E-state index in [2.05, 4.69) is 39.2 Å². The van der Waals surface area contributed by atoms with Gasteiger partial charge in [-0.05, 0) is 43.7 Å². The van der Waals surface area contributed by atoms with Crippen LogP contribution in [0.5, 0.6) is 0 Å². The number of hydrogen-bond donors (Lipinski definition) is 2. The third kappa shape index (κ3) is 4.82. The zero-order valence-electron chi connectivity index (χ0n) is 15.4. The molecule has 6 heteroatoms. The van der Waals surface area contributed by atoms with Gasteiger partial charge >= 0.3 is 5.97 Å². The van der Waals surface area contributed by atoms with Crippen molar-refractivity contribution in [3.05, 3.63) is 77.6 Å². The number of nitrogens with one attached hydrogen (secondary N) is 1. The van der Waals surface area contributed by atoms with Crippen LogP contribution in [0.3, 0.4) is 0 Å². The highest BCUT2D eigenvalue weighted by atomic mass is 16.4. The monoisotopic (exact) mass is 362 g/mol. The van der Waals surface area contributed by atoms with E-state index in [0.717, 1.165) is 24.6 Å². The standard InChI is InChI=1S/C21H22N4O2/c1-3-25(14-16-7-5-4-6-8-16)20-13-19(22-15(2)23-20)24-18-11-9-17(10-12-18)21(26)27/h4-13H,3,14H2,1-2H3,(H,26,27)(H,22,23,24). The number of rotatable bonds is 7. The Morgan fingerprint density at radius 3 is 2.41 bits per heavy atom. The van der Waals surface area contributed by atoms with Crippen LogP contribution in [0.2, 0.25) is 0 Å². The maximum Gasteiger partial charge on any atom is 0.335 e. The van der Waals surface area contributed by atoms with Gasteiger partial charge in [-0.15, -0.1) is 0 Å². The summed E-state index contributed by atoms with van der Waals surface area (Å²) < 4.78 is 0. The molecule has 0 saturated heterocycles. The van der Waals surface area contributed by atoms with Gasteiger partial charge in [0, 0.05) is 24.8 Å². The number of carbonyl (C=O) groups is 1. The van der Waals surface area contributed by atoms with Crippen LogP contribution in [0.15, 0.2) is 60.7 Å². The van der Waals surface area contributed by atoms with Gasteiger partial charge in [0.25, 0.3) is 0 Å². The molecule has 0 aliphatic carbocycles. The van der Waals surface area contributed by atoms with Crippen molar-refractivity contribution >= 4 is 23.3 Å². The molecule has 2 N–H and O–H groups in total. The normalized spacial score (nSPS) is 10.4. The molecule has 0 aliphatic heterocycles. The van der Waals surface area contributed by atoms with Gasteiger partial charge in [0.15, 0.2) is 0 Å². The first kappa shape index (κ1) is 18.4. The molecule has 138 valence electrons. The molecule has 0 spiro atoms. The lowest BCUT2D eigenvalue weighted by Crippen LogP contribution is -2.23. The van der Waals surface area contributed by atoms with Gasteiger partial charge in [-0.2, -0.15) is 0 Å². The molecule has 0 amide bonds. The molecule has 1 aromatic heterocycles. The lowest BCUT2D eigenvalue weighted by Gasteiger charge is -2.23. The Morgan fingerprint density at radius 1 is 1.07 bits per heavy atom. The molecular formula is C21H22N4O2. The molecule has 0 saturated carbocycles. The largest absolute Gasteiger partial charge is 0.478 e. The van der Waals surface area contributed by atoms with Crippen molar-refractivity contribution in [3.63, 3.8) is 0 Å². The Morgan fingerprint density at radius 2 is 1.78 bits per heavy atom. The molecule has 0 radical (unpaired) electrons. The molecule has 3 aromatic rings. The Balaban J connectivity index is 1.81. The van der Waals surface area contributed by atoms with E-state index >= 15 is 0 Å². The average Bonchev–Trinajstić information content (AvgIpc) is 2.67. The van der Waals surface area contributed by atoms with E-state index in [0.29, 0.717) is 11.6 Å². The number of aromatic nitrogens is 2. The molecule has 0 unspecified atom stereocenters. The number of nitrogens with zero attached hydrogens (tertiary/aromatic N) is 3. The van der Waals surface area contributed by atoms with E-state index in [4.69, 9.17) is 5.11 Å². The molecule has 27 heavy (non-hydrogen) atoms. The Bertz CT molecular complexity index is 911. The summed E-state index contributed by atoms with van der Waals surface area (Å²) in [7, 11) is 0. The van der Waals surface area contributed by atoms with Crippen LogP contribution in [0, 0.1) is 6.92 Å². The predicted octanol–water partition coefficient (Wildman–Crippen LogP) is 4.25. The van der Waals surface area contributed by atoms with Crippen LogP contribution in [-0.2, 0) is 6.54 Å². The zero-order chi connectivity index (χ0) is 19.2. The fourth-order valence-electron chi connectivity index (χ4n) is 2.78. The number of aryl methyl sites for hydroxylation is 1. The second-order valence-corrected chi connectivity index (χ2v) is 6.17. The molecule has 0 fully saturated rings. The number of anilines is 3. The van der Waals surface area contributed by atoms with Crippen LogP contribution < -0.4 is 10.2 Å². The number of carboxylic acids is 1. The van der Waals surface area contributed by atoms with Gasteiger partial charge in [0.1, 0.15) is 17.5 Å². The molecular weight excluding hydrogens is 340 g/mol. The van der Waals surface area contributed by atoms with Crippen molar-refractivity contribution in [1.29, 1.82) is 0 Å². The maximum absolute atomic E-state index is 11.0. The minimum atomic E-state index is -0.943. The molecule has 1 heterocycles. The Hall–Kier alpha value is -3.41. The third-order valence-electron chi connectivity index (χ3n) is 4.15. The van der Waals surface area contributed by atoms with E-state index in [1.54, 1.807) is 24.3 Å². The summed E-state index contributed by atoms with van der Waals surface area (Å²) in [4.78, 5) is 22.2. The van der Waals surface area contributed by atoms with E-state index < -0.39 is 5.97 Å². The smallest absolute Gasteiger partial charge is 0.335 e. The van der Waals surface area contributed by atoms with Crippen molar-refractivity contribution in [2.24, 2.45) is 0 Å². The van der Waals surface area contributed by atoms with Crippen LogP contribution in [0.25, 0.3) is 0 Å². The van der Waals surface area contributed by atoms with Crippen LogP contribution >= 0.6 is 0 Å². The quantitative estimate of drug-likeness (QED) is 0.654. The molecule has 0 atom stereocenters. The Labute approximate surface area is 158 Å². The minimum Gasteiger partial charge on any atom is -0.478 e. The van der Waals surface area contributed by atoms with Gasteiger partial charge in [-0.1, -0.05) is 30.3 Å². The van der Waals surface area contributed by atoms with Crippen molar-refractivity contribution in [2.45, 2.75) is 20.4 Å². The summed E-state index contributed by atoms with van der Waals surface area (Å²) in [5, 5.41) is 12.2. The molecule has 0 aliphatic rings. The van der Waals surface area contributed by atoms with Gasteiger partial charge in [0.2, 0.25) is 0 Å². The van der Waals surface area contributed by atoms with Gasteiger partial charge < -0.3 is 15.3 Å². The average molecular weight is 362 g/mol. The predicted molar refractivity (Wildman–Crippen MR) is 107 cm³/mol. The number of benzene rings is 2. The summed E-state index contributed by atoms with van der Waals surface area (Å²) >= 11 is 0. The van der Waals surface area contributed by atoms with Gasteiger partial charge in [-0.3, -0.25) is 0 Å². The van der Waals surface area contributed by atoms with Gasteiger partial charge in [0.05, 0.1) is 5.56 Å². The number of aromatic carboxylic acids is 1. The first-order valence-corrected chi connectivity index (χ1v) is 8.80. The fourth-order valence-corrected chi connectivity index (χ4v) is 2.78. The lowest BCUT2D eigenvalue weighted by atomic mass is 10.2. The SMILES string of the molecule is CCN(Cc1ccccc1)c1cc(Nc2ccc(C(=O)O)cc2)nc(C)n1. The highest BCUT2D eigenvalue weighted by Crippen LogP contribution is 2.21. The van der Waals surface area contributed by atoms with Crippen LogP contribution in [-0.4, -0.2) is 27.6 Å². The highest BCUT2D eigenvalue weighted by molar-refractivity contribution is 5.88. The molecule has 3 rings (SSSR count). The highest BCUT2D eigenvalue weighted by Gasteiger charge is 2.10. The lowest BCUT2D eigenvalue weighted by molar-refractivity contribution is 0.0697. The fraction of sp³-hybridized carbons (Fsp3) is 0.190. The molecule has 0 bridgehead atoms. The van der Waals surface area contributed by atoms with Crippen molar-refractivity contribution < 1.29 is 9.90 Å². The van der Waals surface area contributed by atoms with Gasteiger partial charge in [-0.25, -0.2) is 14.8 Å². The summed E-state index contributed by atoms with van der Waals surface area (Å²) in [5.74, 6) is 1.25. The van der Waals surface area contributed by atoms with Crippen molar-refractivity contribution in [1.82, 2.24) is 9.97 Å². The van der Waals surface area contributed by atoms with E-state index in [1.807, 2.05) is 31.2 Å². The van der Waals surface area contributed by atoms with E-state index in [9.17, 15) is 4.79 Å². The third-order valence-corrected chi connectivity index (χ3v) is 4.15. The zero-order valence-corrected chi connectivity index (χ0v) is 15.4. The first-order chi connectivity index (χ1) is 13.0.